The summed E-state index contributed by atoms with van der Waals surface area (Å²) in [5.74, 6) is 0.969. The molecule has 1 amide bonds. The van der Waals surface area contributed by atoms with Crippen LogP contribution in [0.3, 0.4) is 0 Å². The summed E-state index contributed by atoms with van der Waals surface area (Å²) in [6.45, 7) is 1.70. The number of nitrogens with one attached hydrogen (secondary N) is 1. The molecule has 0 radical (unpaired) electrons. The molecule has 0 atom stereocenters. The molecule has 5 heteroatoms. The van der Waals surface area contributed by atoms with Crippen molar-refractivity contribution in [1.82, 2.24) is 10.3 Å². The molecule has 0 aliphatic carbocycles. The number of carbonyl (C=O) groups is 1. The summed E-state index contributed by atoms with van der Waals surface area (Å²) in [7, 11) is 0. The molecule has 16 heavy (non-hydrogen) atoms. The van der Waals surface area contributed by atoms with E-state index in [4.69, 9.17) is 5.11 Å². The minimum atomic E-state index is -0.934. The first-order valence-corrected chi connectivity index (χ1v) is 5.41. The van der Waals surface area contributed by atoms with Crippen LogP contribution in [-0.4, -0.2) is 35.3 Å². The van der Waals surface area contributed by atoms with E-state index in [2.05, 4.69) is 15.2 Å². The first kappa shape index (κ1) is 10.7. The molecule has 0 bridgehead atoms. The molecular weight excluding hydrogens is 206 g/mol. The number of hydrogen-bond acceptors (Lipinski definition) is 3. The zero-order valence-corrected chi connectivity index (χ0v) is 8.97. The van der Waals surface area contributed by atoms with Crippen LogP contribution < -0.4 is 10.2 Å². The highest BCUT2D eigenvalue weighted by Crippen LogP contribution is 2.16. The van der Waals surface area contributed by atoms with Gasteiger partial charge in [-0.25, -0.2) is 9.78 Å². The van der Waals surface area contributed by atoms with Crippen LogP contribution in [0.15, 0.2) is 24.4 Å². The van der Waals surface area contributed by atoms with Gasteiger partial charge >= 0.3 is 6.09 Å². The van der Waals surface area contributed by atoms with Crippen molar-refractivity contribution in [3.05, 3.63) is 24.4 Å². The predicted molar refractivity (Wildman–Crippen MR) is 60.6 cm³/mol. The van der Waals surface area contributed by atoms with Crippen molar-refractivity contribution in [3.8, 4) is 0 Å². The molecule has 0 spiro atoms. The Morgan fingerprint density at radius 1 is 1.44 bits per heavy atom. The summed E-state index contributed by atoms with van der Waals surface area (Å²) in [4.78, 5) is 16.9. The molecule has 2 heterocycles. The summed E-state index contributed by atoms with van der Waals surface area (Å²) < 4.78 is 0. The normalized spacial score (nSPS) is 17.1. The van der Waals surface area contributed by atoms with E-state index in [9.17, 15) is 4.79 Å². The lowest BCUT2D eigenvalue weighted by molar-refractivity contribution is 0.187. The van der Waals surface area contributed by atoms with Crippen molar-refractivity contribution in [1.29, 1.82) is 0 Å². The molecule has 0 unspecified atom stereocenters. The quantitative estimate of drug-likeness (QED) is 0.790. The second kappa shape index (κ2) is 4.83. The molecule has 2 N–H and O–H groups in total. The van der Waals surface area contributed by atoms with Crippen LogP contribution in [0, 0.1) is 0 Å². The van der Waals surface area contributed by atoms with Crippen molar-refractivity contribution in [2.45, 2.75) is 18.9 Å². The summed E-state index contributed by atoms with van der Waals surface area (Å²) in [5, 5.41) is 11.1. The number of carboxylic acid groups (broad SMARTS) is 1. The van der Waals surface area contributed by atoms with Crippen LogP contribution in [0.2, 0.25) is 0 Å². The van der Waals surface area contributed by atoms with E-state index in [1.165, 1.54) is 0 Å². The molecule has 86 valence electrons. The summed E-state index contributed by atoms with van der Waals surface area (Å²) in [5.41, 5.74) is 0. The number of aromatic nitrogens is 1. The largest absolute Gasteiger partial charge is 0.465 e. The second-order valence-corrected chi connectivity index (χ2v) is 3.90. The molecule has 0 aromatic carbocycles. The zero-order valence-electron chi connectivity index (χ0n) is 8.97. The molecule has 1 saturated heterocycles. The highest BCUT2D eigenvalue weighted by atomic mass is 16.4. The van der Waals surface area contributed by atoms with Gasteiger partial charge in [0.2, 0.25) is 0 Å². The number of hydrogen-bond donors (Lipinski definition) is 2. The van der Waals surface area contributed by atoms with Crippen molar-refractivity contribution >= 4 is 11.9 Å². The maximum Gasteiger partial charge on any atom is 0.404 e. The van der Waals surface area contributed by atoms with Crippen LogP contribution in [-0.2, 0) is 0 Å². The number of pyridine rings is 1. The van der Waals surface area contributed by atoms with Gasteiger partial charge in [-0.1, -0.05) is 6.07 Å². The van der Waals surface area contributed by atoms with Gasteiger partial charge in [-0.2, -0.15) is 0 Å². The Bertz CT molecular complexity index is 348. The Labute approximate surface area is 94.1 Å². The third kappa shape index (κ3) is 2.62. The van der Waals surface area contributed by atoms with Crippen LogP contribution >= 0.6 is 0 Å². The SMILES string of the molecule is O=C(O)NC1CCN(c2ccccn2)CC1. The zero-order chi connectivity index (χ0) is 11.4. The average Bonchev–Trinajstić information content (AvgIpc) is 2.30. The fraction of sp³-hybridized carbons (Fsp3) is 0.455. The fourth-order valence-electron chi connectivity index (χ4n) is 1.97. The van der Waals surface area contributed by atoms with Gasteiger partial charge in [0, 0.05) is 25.3 Å². The van der Waals surface area contributed by atoms with E-state index in [0.29, 0.717) is 0 Å². The number of piperidine rings is 1. The monoisotopic (exact) mass is 221 g/mol. The van der Waals surface area contributed by atoms with Crippen molar-refractivity contribution in [3.63, 3.8) is 0 Å². The van der Waals surface area contributed by atoms with Gasteiger partial charge in [0.05, 0.1) is 0 Å². The molecular formula is C11H15N3O2. The van der Waals surface area contributed by atoms with Crippen LogP contribution in [0.1, 0.15) is 12.8 Å². The second-order valence-electron chi connectivity index (χ2n) is 3.90. The average molecular weight is 221 g/mol. The first-order valence-electron chi connectivity index (χ1n) is 5.41. The Hall–Kier alpha value is -1.78. The first-order chi connectivity index (χ1) is 7.75. The highest BCUT2D eigenvalue weighted by Gasteiger charge is 2.20. The third-order valence-corrected chi connectivity index (χ3v) is 2.80. The Balaban J connectivity index is 1.88. The molecule has 1 aliphatic heterocycles. The van der Waals surface area contributed by atoms with E-state index in [0.717, 1.165) is 31.7 Å². The molecule has 1 fully saturated rings. The topological polar surface area (TPSA) is 65.5 Å². The third-order valence-electron chi connectivity index (χ3n) is 2.80. The van der Waals surface area contributed by atoms with Crippen molar-refractivity contribution in [2.24, 2.45) is 0 Å². The van der Waals surface area contributed by atoms with E-state index in [-0.39, 0.29) is 6.04 Å². The molecule has 1 aromatic heterocycles. The highest BCUT2D eigenvalue weighted by molar-refractivity contribution is 5.64. The fourth-order valence-corrected chi connectivity index (χ4v) is 1.97. The van der Waals surface area contributed by atoms with Crippen LogP contribution in [0.4, 0.5) is 10.6 Å². The lowest BCUT2D eigenvalue weighted by Crippen LogP contribution is -2.44. The molecule has 0 saturated carbocycles. The van der Waals surface area contributed by atoms with Gasteiger partial charge in [-0.15, -0.1) is 0 Å². The Morgan fingerprint density at radius 2 is 2.19 bits per heavy atom. The summed E-state index contributed by atoms with van der Waals surface area (Å²) in [6, 6.07) is 5.91. The Kier molecular flexibility index (Phi) is 3.24. The molecule has 1 aromatic rings. The van der Waals surface area contributed by atoms with Gasteiger partial charge in [0.15, 0.2) is 0 Å². The van der Waals surface area contributed by atoms with Gasteiger partial charge in [-0.3, -0.25) is 0 Å². The summed E-state index contributed by atoms with van der Waals surface area (Å²) in [6.07, 6.45) is 2.51. The number of rotatable bonds is 2. The minimum Gasteiger partial charge on any atom is -0.465 e. The van der Waals surface area contributed by atoms with Crippen LogP contribution in [0.5, 0.6) is 0 Å². The van der Waals surface area contributed by atoms with E-state index in [1.54, 1.807) is 6.20 Å². The van der Waals surface area contributed by atoms with Crippen molar-refractivity contribution < 1.29 is 9.90 Å². The summed E-state index contributed by atoms with van der Waals surface area (Å²) >= 11 is 0. The molecule has 1 aliphatic rings. The maximum atomic E-state index is 10.5. The predicted octanol–water partition coefficient (Wildman–Crippen LogP) is 1.32. The lowest BCUT2D eigenvalue weighted by Gasteiger charge is -2.32. The van der Waals surface area contributed by atoms with Gasteiger partial charge in [-0.05, 0) is 25.0 Å². The standard InChI is InChI=1S/C11H15N3O2/c15-11(16)13-9-4-7-14(8-5-9)10-3-1-2-6-12-10/h1-3,6,9,13H,4-5,7-8H2,(H,15,16). The number of nitrogens with zero attached hydrogens (tertiary/aromatic N) is 2. The Morgan fingerprint density at radius 3 is 2.75 bits per heavy atom. The van der Waals surface area contributed by atoms with Gasteiger partial charge in [0.1, 0.15) is 5.82 Å². The van der Waals surface area contributed by atoms with Crippen molar-refractivity contribution in [2.75, 3.05) is 18.0 Å². The van der Waals surface area contributed by atoms with E-state index in [1.807, 2.05) is 18.2 Å². The lowest BCUT2D eigenvalue weighted by atomic mass is 10.1. The number of anilines is 1. The van der Waals surface area contributed by atoms with E-state index >= 15 is 0 Å². The van der Waals surface area contributed by atoms with Gasteiger partial charge < -0.3 is 15.3 Å². The van der Waals surface area contributed by atoms with Crippen LogP contribution in [0.25, 0.3) is 0 Å². The smallest absolute Gasteiger partial charge is 0.404 e. The number of amides is 1. The maximum absolute atomic E-state index is 10.5. The molecule has 2 rings (SSSR count). The minimum absolute atomic E-state index is 0.0810. The molecule has 5 nitrogen and oxygen atoms in total. The van der Waals surface area contributed by atoms with Gasteiger partial charge in [0.25, 0.3) is 0 Å². The van der Waals surface area contributed by atoms with E-state index < -0.39 is 6.09 Å².